The van der Waals surface area contributed by atoms with E-state index in [1.807, 2.05) is 0 Å². The first kappa shape index (κ1) is 12.8. The van der Waals surface area contributed by atoms with Gasteiger partial charge in [0.25, 0.3) is 5.69 Å². The molecule has 7 heteroatoms. The summed E-state index contributed by atoms with van der Waals surface area (Å²) in [5.41, 5.74) is -1.22. The number of benzene rings is 1. The highest BCUT2D eigenvalue weighted by Gasteiger charge is 2.24. The SMILES string of the molecule is N#Cc1cc(C=O)cc([N+](=O)[O-])c1C(=O)CCl. The number of Topliss-reactive ketones (excluding diaryl/α,β-unsaturated/α-hetero) is 1. The second-order valence-corrected chi connectivity index (χ2v) is 3.27. The third-order valence-corrected chi connectivity index (χ3v) is 2.24. The molecule has 0 N–H and O–H groups in total. The first-order chi connectivity index (χ1) is 8.04. The Kier molecular flexibility index (Phi) is 3.91. The van der Waals surface area contributed by atoms with Gasteiger partial charge in [0.15, 0.2) is 5.78 Å². The van der Waals surface area contributed by atoms with Crippen LogP contribution < -0.4 is 0 Å². The lowest BCUT2D eigenvalue weighted by molar-refractivity contribution is -0.385. The molecule has 6 nitrogen and oxygen atoms in total. The van der Waals surface area contributed by atoms with Crippen LogP contribution in [0.1, 0.15) is 26.3 Å². The molecule has 17 heavy (non-hydrogen) atoms. The van der Waals surface area contributed by atoms with E-state index in [1.54, 1.807) is 6.07 Å². The molecule has 0 unspecified atom stereocenters. The summed E-state index contributed by atoms with van der Waals surface area (Å²) in [5.74, 6) is -1.21. The molecule has 0 bridgehead atoms. The summed E-state index contributed by atoms with van der Waals surface area (Å²) in [6.07, 6.45) is 0.364. The molecule has 0 aliphatic carbocycles. The van der Waals surface area contributed by atoms with Crippen molar-refractivity contribution in [1.82, 2.24) is 0 Å². The average molecular weight is 253 g/mol. The minimum absolute atomic E-state index is 0.0422. The molecule has 0 heterocycles. The number of nitrogens with zero attached hydrogens (tertiary/aromatic N) is 2. The Morgan fingerprint density at radius 1 is 1.59 bits per heavy atom. The first-order valence-electron chi connectivity index (χ1n) is 4.32. The Hall–Kier alpha value is -2.26. The van der Waals surface area contributed by atoms with E-state index in [2.05, 4.69) is 0 Å². The van der Waals surface area contributed by atoms with E-state index in [9.17, 15) is 19.7 Å². The molecule has 0 saturated carbocycles. The van der Waals surface area contributed by atoms with Gasteiger partial charge in [0.1, 0.15) is 17.9 Å². The summed E-state index contributed by atoms with van der Waals surface area (Å²) in [7, 11) is 0. The Morgan fingerprint density at radius 3 is 2.65 bits per heavy atom. The highest BCUT2D eigenvalue weighted by atomic mass is 35.5. The van der Waals surface area contributed by atoms with Crippen molar-refractivity contribution in [3.05, 3.63) is 38.9 Å². The van der Waals surface area contributed by atoms with Crippen molar-refractivity contribution in [2.24, 2.45) is 0 Å². The Morgan fingerprint density at radius 2 is 2.24 bits per heavy atom. The lowest BCUT2D eigenvalue weighted by Gasteiger charge is -2.03. The standard InChI is InChI=1S/C10H5ClN2O4/c11-3-9(15)10-7(4-12)1-6(5-14)2-8(10)13(16)17/h1-2,5H,3H2. The van der Waals surface area contributed by atoms with Gasteiger partial charge in [0, 0.05) is 11.6 Å². The number of alkyl halides is 1. The van der Waals surface area contributed by atoms with Gasteiger partial charge in [-0.25, -0.2) is 0 Å². The molecule has 1 aromatic carbocycles. The van der Waals surface area contributed by atoms with Gasteiger partial charge < -0.3 is 0 Å². The topological polar surface area (TPSA) is 101 Å². The molecule has 0 saturated heterocycles. The van der Waals surface area contributed by atoms with Crippen LogP contribution in [0.15, 0.2) is 12.1 Å². The molecule has 0 spiro atoms. The van der Waals surface area contributed by atoms with E-state index < -0.39 is 22.3 Å². The van der Waals surface area contributed by atoms with Crippen LogP contribution in [0.2, 0.25) is 0 Å². The van der Waals surface area contributed by atoms with Crippen molar-refractivity contribution in [2.75, 3.05) is 5.88 Å². The van der Waals surface area contributed by atoms with Gasteiger partial charge in [-0.2, -0.15) is 5.26 Å². The smallest absolute Gasteiger partial charge is 0.282 e. The highest BCUT2D eigenvalue weighted by molar-refractivity contribution is 6.31. The summed E-state index contributed by atoms with van der Waals surface area (Å²) in [4.78, 5) is 31.9. The molecule has 1 rings (SSSR count). The van der Waals surface area contributed by atoms with Crippen LogP contribution in [-0.2, 0) is 0 Å². The van der Waals surface area contributed by atoms with Crippen LogP contribution >= 0.6 is 11.6 Å². The molecule has 0 aliphatic heterocycles. The van der Waals surface area contributed by atoms with Crippen LogP contribution in [0.25, 0.3) is 0 Å². The number of nitro benzene ring substituents is 1. The maximum atomic E-state index is 11.4. The number of carbonyl (C=O) groups excluding carboxylic acids is 2. The number of ketones is 1. The van der Waals surface area contributed by atoms with Gasteiger partial charge in [0.05, 0.1) is 16.4 Å². The Labute approximate surface area is 101 Å². The fourth-order valence-electron chi connectivity index (χ4n) is 1.31. The Bertz CT molecular complexity index is 548. The second kappa shape index (κ2) is 5.18. The van der Waals surface area contributed by atoms with E-state index in [1.165, 1.54) is 0 Å². The fraction of sp³-hybridized carbons (Fsp3) is 0.100. The third kappa shape index (κ3) is 2.46. The van der Waals surface area contributed by atoms with Crippen LogP contribution in [0.4, 0.5) is 5.69 Å². The fourth-order valence-corrected chi connectivity index (χ4v) is 1.44. The molecular formula is C10H5ClN2O4. The molecule has 0 fully saturated rings. The number of halogens is 1. The van der Waals surface area contributed by atoms with Crippen LogP contribution in [0.5, 0.6) is 0 Å². The summed E-state index contributed by atoms with van der Waals surface area (Å²) >= 11 is 5.31. The molecule has 0 amide bonds. The van der Waals surface area contributed by atoms with E-state index in [0.29, 0.717) is 6.29 Å². The zero-order chi connectivity index (χ0) is 13.0. The summed E-state index contributed by atoms with van der Waals surface area (Å²) in [6.45, 7) is 0. The van der Waals surface area contributed by atoms with E-state index in [4.69, 9.17) is 16.9 Å². The third-order valence-electron chi connectivity index (χ3n) is 1.99. The minimum Gasteiger partial charge on any atom is -0.298 e. The van der Waals surface area contributed by atoms with E-state index >= 15 is 0 Å². The van der Waals surface area contributed by atoms with Crippen molar-refractivity contribution in [3.8, 4) is 6.07 Å². The van der Waals surface area contributed by atoms with Gasteiger partial charge >= 0.3 is 0 Å². The van der Waals surface area contributed by atoms with Crippen molar-refractivity contribution < 1.29 is 14.5 Å². The molecule has 86 valence electrons. The van der Waals surface area contributed by atoms with Gasteiger partial charge in [-0.3, -0.25) is 19.7 Å². The summed E-state index contributed by atoms with van der Waals surface area (Å²) in [5, 5.41) is 19.6. The van der Waals surface area contributed by atoms with Gasteiger partial charge in [0.2, 0.25) is 0 Å². The predicted molar refractivity (Wildman–Crippen MR) is 58.2 cm³/mol. The lowest BCUT2D eigenvalue weighted by atomic mass is 10.00. The molecular weight excluding hydrogens is 248 g/mol. The lowest BCUT2D eigenvalue weighted by Crippen LogP contribution is -2.09. The normalized spacial score (nSPS) is 9.41. The second-order valence-electron chi connectivity index (χ2n) is 3.01. The van der Waals surface area contributed by atoms with Crippen molar-refractivity contribution in [3.63, 3.8) is 0 Å². The van der Waals surface area contributed by atoms with Crippen molar-refractivity contribution in [1.29, 1.82) is 5.26 Å². The number of hydrogen-bond acceptors (Lipinski definition) is 5. The molecule has 0 aromatic heterocycles. The molecule has 0 radical (unpaired) electrons. The number of rotatable bonds is 4. The van der Waals surface area contributed by atoms with Crippen LogP contribution in [0.3, 0.4) is 0 Å². The zero-order valence-corrected chi connectivity index (χ0v) is 9.10. The predicted octanol–water partition coefficient (Wildman–Crippen LogP) is 1.70. The molecule has 0 aliphatic rings. The average Bonchev–Trinajstić information content (AvgIpc) is 2.35. The summed E-state index contributed by atoms with van der Waals surface area (Å²) in [6, 6.07) is 3.69. The minimum atomic E-state index is -0.826. The van der Waals surface area contributed by atoms with E-state index in [-0.39, 0.29) is 16.7 Å². The maximum absolute atomic E-state index is 11.4. The monoisotopic (exact) mass is 252 g/mol. The Balaban J connectivity index is 3.65. The van der Waals surface area contributed by atoms with Crippen LogP contribution in [0, 0.1) is 21.4 Å². The number of carbonyl (C=O) groups is 2. The maximum Gasteiger partial charge on any atom is 0.282 e. The highest BCUT2D eigenvalue weighted by Crippen LogP contribution is 2.24. The number of nitro groups is 1. The van der Waals surface area contributed by atoms with Crippen LogP contribution in [-0.4, -0.2) is 22.9 Å². The first-order valence-corrected chi connectivity index (χ1v) is 4.85. The van der Waals surface area contributed by atoms with Crippen molar-refractivity contribution in [2.45, 2.75) is 0 Å². The molecule has 0 atom stereocenters. The van der Waals surface area contributed by atoms with E-state index in [0.717, 1.165) is 12.1 Å². The number of hydrogen-bond donors (Lipinski definition) is 0. The largest absolute Gasteiger partial charge is 0.298 e. The molecule has 1 aromatic rings. The van der Waals surface area contributed by atoms with Gasteiger partial charge in [-0.05, 0) is 6.07 Å². The van der Waals surface area contributed by atoms with Gasteiger partial charge in [-0.15, -0.1) is 11.6 Å². The quantitative estimate of drug-likeness (QED) is 0.267. The van der Waals surface area contributed by atoms with Gasteiger partial charge in [-0.1, -0.05) is 0 Å². The zero-order valence-electron chi connectivity index (χ0n) is 8.34. The van der Waals surface area contributed by atoms with Crippen molar-refractivity contribution >= 4 is 29.4 Å². The number of aldehydes is 1. The number of nitriles is 1. The summed E-state index contributed by atoms with van der Waals surface area (Å²) < 4.78 is 0.